The number of piperazine rings is 1. The van der Waals surface area contributed by atoms with Crippen molar-refractivity contribution in [3.8, 4) is 0 Å². The average Bonchev–Trinajstić information content (AvgIpc) is 3.42. The molecule has 3 heterocycles. The third-order valence-corrected chi connectivity index (χ3v) is 7.63. The van der Waals surface area contributed by atoms with Gasteiger partial charge in [-0.3, -0.25) is 14.5 Å². The van der Waals surface area contributed by atoms with E-state index in [9.17, 15) is 22.8 Å². The lowest BCUT2D eigenvalue weighted by Crippen LogP contribution is -2.50. The van der Waals surface area contributed by atoms with Crippen LogP contribution < -0.4 is 0 Å². The fraction of sp³-hybridized carbons (Fsp3) is 0.429. The number of carbonyl (C=O) groups excluding carboxylic acids is 2. The van der Waals surface area contributed by atoms with Gasteiger partial charge in [0.2, 0.25) is 5.91 Å². The summed E-state index contributed by atoms with van der Waals surface area (Å²) in [7, 11) is 0. The number of halogens is 3. The van der Waals surface area contributed by atoms with Gasteiger partial charge in [-0.2, -0.15) is 13.2 Å². The monoisotopic (exact) mass is 469 g/mol. The molecule has 4 rings (SSSR count). The number of benzene rings is 1. The molecular formula is C21H22F3N3O2S2. The second-order valence-electron chi connectivity index (χ2n) is 7.48. The Morgan fingerprint density at radius 2 is 1.84 bits per heavy atom. The SMILES string of the molecule is O=C(c1cccs1)N1CCN(CCN2C(=O)CSC2c2cccc(C(F)(F)F)c2)CC1. The molecular weight excluding hydrogens is 447 g/mol. The highest BCUT2D eigenvalue weighted by atomic mass is 32.2. The van der Waals surface area contributed by atoms with Crippen LogP contribution >= 0.6 is 23.1 Å². The molecule has 31 heavy (non-hydrogen) atoms. The Morgan fingerprint density at radius 1 is 1.06 bits per heavy atom. The van der Waals surface area contributed by atoms with Gasteiger partial charge in [0.05, 0.1) is 16.2 Å². The number of carbonyl (C=O) groups is 2. The van der Waals surface area contributed by atoms with E-state index in [4.69, 9.17) is 0 Å². The molecule has 2 aliphatic rings. The number of hydrogen-bond acceptors (Lipinski definition) is 5. The van der Waals surface area contributed by atoms with E-state index in [1.54, 1.807) is 11.0 Å². The number of amides is 2. The van der Waals surface area contributed by atoms with Crippen LogP contribution in [0.2, 0.25) is 0 Å². The van der Waals surface area contributed by atoms with Crippen molar-refractivity contribution >= 4 is 34.9 Å². The van der Waals surface area contributed by atoms with Crippen LogP contribution in [-0.2, 0) is 11.0 Å². The zero-order valence-corrected chi connectivity index (χ0v) is 18.3. The van der Waals surface area contributed by atoms with Gasteiger partial charge in [-0.15, -0.1) is 23.1 Å². The van der Waals surface area contributed by atoms with Crippen LogP contribution in [0.25, 0.3) is 0 Å². The van der Waals surface area contributed by atoms with Gasteiger partial charge in [0, 0.05) is 39.3 Å². The van der Waals surface area contributed by atoms with Crippen LogP contribution in [0.4, 0.5) is 13.2 Å². The van der Waals surface area contributed by atoms with Crippen LogP contribution in [0.15, 0.2) is 41.8 Å². The smallest absolute Gasteiger partial charge is 0.335 e. The molecule has 0 saturated carbocycles. The van der Waals surface area contributed by atoms with Crippen molar-refractivity contribution < 1.29 is 22.8 Å². The molecule has 2 saturated heterocycles. The normalized spacial score (nSPS) is 20.5. The first-order chi connectivity index (χ1) is 14.8. The lowest BCUT2D eigenvalue weighted by Gasteiger charge is -2.36. The number of thioether (sulfide) groups is 1. The van der Waals surface area contributed by atoms with Crippen molar-refractivity contribution in [1.82, 2.24) is 14.7 Å². The number of alkyl halides is 3. The highest BCUT2D eigenvalue weighted by Crippen LogP contribution is 2.40. The molecule has 1 unspecified atom stereocenters. The first kappa shape index (κ1) is 22.2. The molecule has 166 valence electrons. The first-order valence-electron chi connectivity index (χ1n) is 9.96. The van der Waals surface area contributed by atoms with Crippen molar-refractivity contribution in [2.45, 2.75) is 11.6 Å². The minimum absolute atomic E-state index is 0.0466. The number of thiophene rings is 1. The molecule has 10 heteroatoms. The maximum absolute atomic E-state index is 13.1. The molecule has 1 aromatic heterocycles. The molecule has 0 radical (unpaired) electrons. The number of hydrogen-bond donors (Lipinski definition) is 0. The van der Waals surface area contributed by atoms with E-state index in [-0.39, 0.29) is 17.6 Å². The fourth-order valence-corrected chi connectivity index (χ4v) is 5.72. The lowest BCUT2D eigenvalue weighted by molar-refractivity contribution is -0.137. The van der Waals surface area contributed by atoms with Gasteiger partial charge in [0.15, 0.2) is 0 Å². The lowest BCUT2D eigenvalue weighted by atomic mass is 10.1. The molecule has 5 nitrogen and oxygen atoms in total. The van der Waals surface area contributed by atoms with Crippen LogP contribution in [-0.4, -0.2) is 71.5 Å². The second kappa shape index (κ2) is 9.22. The highest BCUT2D eigenvalue weighted by molar-refractivity contribution is 8.00. The summed E-state index contributed by atoms with van der Waals surface area (Å²) in [4.78, 5) is 31.3. The van der Waals surface area contributed by atoms with Crippen molar-refractivity contribution in [1.29, 1.82) is 0 Å². The Hall–Kier alpha value is -2.04. The molecule has 1 atom stereocenters. The van der Waals surface area contributed by atoms with Crippen LogP contribution in [0.5, 0.6) is 0 Å². The molecule has 2 aromatic rings. The summed E-state index contributed by atoms with van der Waals surface area (Å²) in [5.74, 6) is 0.258. The topological polar surface area (TPSA) is 43.9 Å². The van der Waals surface area contributed by atoms with Gasteiger partial charge < -0.3 is 9.80 Å². The third kappa shape index (κ3) is 5.07. The summed E-state index contributed by atoms with van der Waals surface area (Å²) in [6.07, 6.45) is -4.41. The summed E-state index contributed by atoms with van der Waals surface area (Å²) < 4.78 is 39.2. The van der Waals surface area contributed by atoms with Crippen molar-refractivity contribution in [3.63, 3.8) is 0 Å². The summed E-state index contributed by atoms with van der Waals surface area (Å²) in [5.41, 5.74) is -0.200. The molecule has 0 bridgehead atoms. The maximum atomic E-state index is 13.1. The predicted octanol–water partition coefficient (Wildman–Crippen LogP) is 3.80. The standard InChI is InChI=1S/C21H22F3N3O2S2/c22-21(23,24)16-4-1-3-15(13-16)20-27(18(28)14-31-20)11-8-25-6-9-26(10-7-25)19(29)17-5-2-12-30-17/h1-5,12-13,20H,6-11,14H2. The minimum Gasteiger partial charge on any atom is -0.335 e. The highest BCUT2D eigenvalue weighted by Gasteiger charge is 2.36. The summed E-state index contributed by atoms with van der Waals surface area (Å²) in [6.45, 7) is 3.74. The Morgan fingerprint density at radius 3 is 2.52 bits per heavy atom. The summed E-state index contributed by atoms with van der Waals surface area (Å²) in [5, 5.41) is 1.48. The predicted molar refractivity (Wildman–Crippen MR) is 115 cm³/mol. The van der Waals surface area contributed by atoms with E-state index in [1.165, 1.54) is 29.2 Å². The zero-order valence-electron chi connectivity index (χ0n) is 16.7. The Balaban J connectivity index is 1.34. The quantitative estimate of drug-likeness (QED) is 0.668. The van der Waals surface area contributed by atoms with E-state index in [2.05, 4.69) is 4.90 Å². The van der Waals surface area contributed by atoms with Gasteiger partial charge in [-0.25, -0.2) is 0 Å². The number of rotatable bonds is 5. The average molecular weight is 470 g/mol. The van der Waals surface area contributed by atoms with Gasteiger partial charge in [0.1, 0.15) is 5.37 Å². The second-order valence-corrected chi connectivity index (χ2v) is 9.50. The molecule has 0 N–H and O–H groups in total. The van der Waals surface area contributed by atoms with E-state index >= 15 is 0 Å². The van der Waals surface area contributed by atoms with E-state index in [1.807, 2.05) is 22.4 Å². The van der Waals surface area contributed by atoms with Crippen LogP contribution in [0, 0.1) is 0 Å². The van der Waals surface area contributed by atoms with Crippen molar-refractivity contribution in [2.24, 2.45) is 0 Å². The summed E-state index contributed by atoms with van der Waals surface area (Å²) in [6, 6.07) is 8.91. The molecule has 1 aromatic carbocycles. The zero-order chi connectivity index (χ0) is 22.0. The summed E-state index contributed by atoms with van der Waals surface area (Å²) >= 11 is 2.79. The molecule has 2 amide bonds. The molecule has 2 fully saturated rings. The van der Waals surface area contributed by atoms with E-state index in [0.29, 0.717) is 44.8 Å². The van der Waals surface area contributed by atoms with Gasteiger partial charge in [0.25, 0.3) is 5.91 Å². The minimum atomic E-state index is -4.41. The third-order valence-electron chi connectivity index (χ3n) is 5.52. The van der Waals surface area contributed by atoms with Crippen LogP contribution in [0.3, 0.4) is 0 Å². The maximum Gasteiger partial charge on any atom is 0.416 e. The Labute approximate surface area is 186 Å². The van der Waals surface area contributed by atoms with Gasteiger partial charge in [-0.1, -0.05) is 18.2 Å². The van der Waals surface area contributed by atoms with Gasteiger partial charge in [-0.05, 0) is 29.1 Å². The largest absolute Gasteiger partial charge is 0.416 e. The van der Waals surface area contributed by atoms with Gasteiger partial charge >= 0.3 is 6.18 Å². The number of nitrogens with zero attached hydrogens (tertiary/aromatic N) is 3. The molecule has 0 spiro atoms. The van der Waals surface area contributed by atoms with E-state index in [0.717, 1.165) is 17.0 Å². The molecule has 2 aliphatic heterocycles. The van der Waals surface area contributed by atoms with Crippen molar-refractivity contribution in [2.75, 3.05) is 45.0 Å². The fourth-order valence-electron chi connectivity index (χ4n) is 3.82. The van der Waals surface area contributed by atoms with E-state index < -0.39 is 17.1 Å². The Bertz CT molecular complexity index is 928. The Kier molecular flexibility index (Phi) is 6.59. The van der Waals surface area contributed by atoms with Crippen molar-refractivity contribution in [3.05, 3.63) is 57.8 Å². The first-order valence-corrected chi connectivity index (χ1v) is 11.9. The molecule has 0 aliphatic carbocycles. The van der Waals surface area contributed by atoms with Crippen LogP contribution in [0.1, 0.15) is 26.2 Å².